The van der Waals surface area contributed by atoms with E-state index in [2.05, 4.69) is 0 Å². The molecule has 2 aromatic rings. The molecule has 0 N–H and O–H groups in total. The molecule has 0 unspecified atom stereocenters. The fraction of sp³-hybridized carbons (Fsp3) is 0.500. The van der Waals surface area contributed by atoms with Gasteiger partial charge < -0.3 is 9.64 Å². The number of ketones is 1. The number of carbonyl (C=O) groups excluding carboxylic acids is 3. The van der Waals surface area contributed by atoms with Crippen molar-refractivity contribution in [3.8, 4) is 0 Å². The van der Waals surface area contributed by atoms with Crippen LogP contribution in [-0.2, 0) is 24.3 Å². The van der Waals surface area contributed by atoms with Crippen molar-refractivity contribution in [2.24, 2.45) is 11.8 Å². The number of hydrogen-bond acceptors (Lipinski definition) is 6. The number of hydrogen-bond donors (Lipinski definition) is 0. The Morgan fingerprint density at radius 3 is 2.21 bits per heavy atom. The lowest BCUT2D eigenvalue weighted by molar-refractivity contribution is -0.145. The van der Waals surface area contributed by atoms with Crippen LogP contribution in [0.4, 0.5) is 0 Å². The average Bonchev–Trinajstić information content (AvgIpc) is 3.43. The van der Waals surface area contributed by atoms with Gasteiger partial charge in [-0.1, -0.05) is 35.4 Å². The second-order valence-electron chi connectivity index (χ2n) is 10.7. The van der Waals surface area contributed by atoms with Gasteiger partial charge in [-0.15, -0.1) is 0 Å². The van der Waals surface area contributed by atoms with Crippen LogP contribution in [0.15, 0.2) is 47.4 Å². The monoisotopic (exact) mass is 554 g/mol. The van der Waals surface area contributed by atoms with E-state index < -0.39 is 33.7 Å². The Bertz CT molecular complexity index is 1330. The highest BCUT2D eigenvalue weighted by Gasteiger charge is 2.46. The number of carbonyl (C=O) groups is 3. The number of benzene rings is 2. The number of nitrogens with zero attached hydrogens (tertiary/aromatic N) is 2. The summed E-state index contributed by atoms with van der Waals surface area (Å²) in [6, 6.07) is 12.2. The number of Topliss-reactive ketones (excluding diaryl/α,β-unsaturated/α-hetero) is 1. The van der Waals surface area contributed by atoms with Crippen LogP contribution in [0.1, 0.15) is 66.1 Å². The lowest BCUT2D eigenvalue weighted by Gasteiger charge is -2.42. The predicted molar refractivity (Wildman–Crippen MR) is 148 cm³/mol. The standard InChI is InChI=1S/C30H38N2O6S/c1-5-38-28(34)17-23-18-32(39(36,37)24-11-8-20(2)9-12-24)19-27(29(23)22(4)33)25-13-10-21(3)16-26(25)30(35)31-14-6-7-15-31/h8-13,16,23,27,29H,5-7,14-15,17-19H2,1-4H3/t23-,27+,29-/m0/s1. The van der Waals surface area contributed by atoms with Gasteiger partial charge in [-0.05, 0) is 70.2 Å². The number of sulfonamides is 1. The van der Waals surface area contributed by atoms with Crippen LogP contribution in [0.25, 0.3) is 0 Å². The van der Waals surface area contributed by atoms with Crippen LogP contribution in [0, 0.1) is 25.7 Å². The molecular formula is C30H38N2O6S. The van der Waals surface area contributed by atoms with E-state index in [-0.39, 0.29) is 42.7 Å². The van der Waals surface area contributed by atoms with E-state index in [4.69, 9.17) is 4.74 Å². The third kappa shape index (κ3) is 6.25. The summed E-state index contributed by atoms with van der Waals surface area (Å²) in [6.07, 6.45) is 1.79. The molecule has 3 atom stereocenters. The summed E-state index contributed by atoms with van der Waals surface area (Å²) < 4.78 is 34.3. The van der Waals surface area contributed by atoms with Gasteiger partial charge >= 0.3 is 5.97 Å². The summed E-state index contributed by atoms with van der Waals surface area (Å²) in [5.74, 6) is -2.56. The Hall–Kier alpha value is -3.04. The molecule has 2 aromatic carbocycles. The highest BCUT2D eigenvalue weighted by atomic mass is 32.2. The number of ether oxygens (including phenoxy) is 1. The van der Waals surface area contributed by atoms with E-state index in [1.165, 1.54) is 11.2 Å². The number of amides is 1. The first-order valence-electron chi connectivity index (χ1n) is 13.7. The molecule has 8 nitrogen and oxygen atoms in total. The first-order chi connectivity index (χ1) is 18.5. The van der Waals surface area contributed by atoms with Crippen LogP contribution in [0.3, 0.4) is 0 Å². The summed E-state index contributed by atoms with van der Waals surface area (Å²) in [7, 11) is -3.93. The lowest BCUT2D eigenvalue weighted by atomic mass is 9.71. The molecule has 2 aliphatic heterocycles. The Balaban J connectivity index is 1.82. The normalized spacial score (nSPS) is 22.1. The molecule has 210 valence electrons. The maximum absolute atomic E-state index is 13.8. The topological polar surface area (TPSA) is 101 Å². The maximum atomic E-state index is 13.8. The van der Waals surface area contributed by atoms with Crippen molar-refractivity contribution in [1.29, 1.82) is 0 Å². The van der Waals surface area contributed by atoms with Crippen molar-refractivity contribution in [1.82, 2.24) is 9.21 Å². The van der Waals surface area contributed by atoms with Gasteiger partial charge in [-0.3, -0.25) is 14.4 Å². The lowest BCUT2D eigenvalue weighted by Crippen LogP contribution is -2.50. The Labute approximate surface area is 231 Å². The molecule has 0 aliphatic carbocycles. The van der Waals surface area contributed by atoms with Crippen LogP contribution in [0.2, 0.25) is 0 Å². The van der Waals surface area contributed by atoms with Crippen molar-refractivity contribution in [2.45, 2.75) is 57.8 Å². The smallest absolute Gasteiger partial charge is 0.306 e. The molecule has 4 rings (SSSR count). The predicted octanol–water partition coefficient (Wildman–Crippen LogP) is 4.10. The van der Waals surface area contributed by atoms with E-state index in [0.29, 0.717) is 24.2 Å². The van der Waals surface area contributed by atoms with Gasteiger partial charge in [0.05, 0.1) is 17.9 Å². The van der Waals surface area contributed by atoms with Crippen LogP contribution >= 0.6 is 0 Å². The Morgan fingerprint density at radius 2 is 1.59 bits per heavy atom. The summed E-state index contributed by atoms with van der Waals surface area (Å²) in [6.45, 7) is 8.56. The third-order valence-corrected chi connectivity index (χ3v) is 9.72. The van der Waals surface area contributed by atoms with E-state index in [0.717, 1.165) is 24.0 Å². The SMILES string of the molecule is CCOC(=O)C[C@H]1CN(S(=O)(=O)c2ccc(C)cc2)C[C@H](c2ccc(C)cc2C(=O)N2CCCC2)[C@H]1C(C)=O. The van der Waals surface area contributed by atoms with E-state index in [1.807, 2.05) is 36.9 Å². The number of likely N-dealkylation sites (tertiary alicyclic amines) is 1. The minimum atomic E-state index is -3.93. The molecule has 2 saturated heterocycles. The van der Waals surface area contributed by atoms with E-state index in [9.17, 15) is 22.8 Å². The summed E-state index contributed by atoms with van der Waals surface area (Å²) in [5, 5.41) is 0. The third-order valence-electron chi connectivity index (χ3n) is 7.87. The molecule has 1 amide bonds. The van der Waals surface area contributed by atoms with Crippen LogP contribution < -0.4 is 0 Å². The first kappa shape index (κ1) is 29.0. The number of esters is 1. The fourth-order valence-corrected chi connectivity index (χ4v) is 7.49. The Morgan fingerprint density at radius 1 is 0.949 bits per heavy atom. The van der Waals surface area contributed by atoms with Gasteiger partial charge in [0.2, 0.25) is 10.0 Å². The van der Waals surface area contributed by atoms with Gasteiger partial charge in [0.15, 0.2) is 0 Å². The van der Waals surface area contributed by atoms with E-state index >= 15 is 0 Å². The number of rotatable bonds is 8. The van der Waals surface area contributed by atoms with Crippen molar-refractivity contribution in [3.05, 3.63) is 64.7 Å². The molecule has 0 bridgehead atoms. The summed E-state index contributed by atoms with van der Waals surface area (Å²) in [4.78, 5) is 41.4. The minimum Gasteiger partial charge on any atom is -0.466 e. The molecule has 2 heterocycles. The molecule has 9 heteroatoms. The van der Waals surface area contributed by atoms with Gasteiger partial charge in [-0.25, -0.2) is 8.42 Å². The molecule has 0 aromatic heterocycles. The average molecular weight is 555 g/mol. The Kier molecular flexibility index (Phi) is 8.91. The highest BCUT2D eigenvalue weighted by Crippen LogP contribution is 2.42. The van der Waals surface area contributed by atoms with Crippen LogP contribution in [0.5, 0.6) is 0 Å². The maximum Gasteiger partial charge on any atom is 0.306 e. The van der Waals surface area contributed by atoms with Gasteiger partial charge in [0.25, 0.3) is 5.91 Å². The van der Waals surface area contributed by atoms with Gasteiger partial charge in [-0.2, -0.15) is 4.31 Å². The largest absolute Gasteiger partial charge is 0.466 e. The quantitative estimate of drug-likeness (QED) is 0.456. The van der Waals surface area contributed by atoms with Crippen molar-refractivity contribution >= 4 is 27.7 Å². The first-order valence-corrected chi connectivity index (χ1v) is 15.1. The minimum absolute atomic E-state index is 0.0109. The zero-order chi connectivity index (χ0) is 28.3. The molecule has 0 radical (unpaired) electrons. The number of aryl methyl sites for hydroxylation is 2. The molecule has 0 saturated carbocycles. The second-order valence-corrected chi connectivity index (χ2v) is 12.7. The van der Waals surface area contributed by atoms with Crippen molar-refractivity contribution in [3.63, 3.8) is 0 Å². The summed E-state index contributed by atoms with van der Waals surface area (Å²) >= 11 is 0. The van der Waals surface area contributed by atoms with Crippen molar-refractivity contribution in [2.75, 3.05) is 32.8 Å². The molecular weight excluding hydrogens is 516 g/mol. The molecule has 39 heavy (non-hydrogen) atoms. The highest BCUT2D eigenvalue weighted by molar-refractivity contribution is 7.89. The van der Waals surface area contributed by atoms with Gasteiger partial charge in [0, 0.05) is 43.6 Å². The fourth-order valence-electron chi connectivity index (χ4n) is 5.97. The second kappa shape index (κ2) is 12.0. The molecule has 2 fully saturated rings. The van der Waals surface area contributed by atoms with E-state index in [1.54, 1.807) is 31.2 Å². The van der Waals surface area contributed by atoms with Crippen molar-refractivity contribution < 1.29 is 27.5 Å². The molecule has 2 aliphatic rings. The van der Waals surface area contributed by atoms with Crippen LogP contribution in [-0.4, -0.2) is 68.1 Å². The number of piperidine rings is 1. The zero-order valence-corrected chi connectivity index (χ0v) is 24.0. The summed E-state index contributed by atoms with van der Waals surface area (Å²) in [5.41, 5.74) is 2.99. The molecule has 0 spiro atoms. The van der Waals surface area contributed by atoms with Gasteiger partial charge in [0.1, 0.15) is 5.78 Å². The zero-order valence-electron chi connectivity index (χ0n) is 23.2.